The lowest BCUT2D eigenvalue weighted by Gasteiger charge is -1.99. The van der Waals surface area contributed by atoms with E-state index in [0.29, 0.717) is 11.5 Å². The molecule has 16 heavy (non-hydrogen) atoms. The number of aromatic nitrogens is 2. The lowest BCUT2D eigenvalue weighted by Crippen LogP contribution is -2.00. The maximum atomic E-state index is 10.8. The van der Waals surface area contributed by atoms with Crippen LogP contribution in [0, 0.1) is 17.0 Å². The molecule has 7 nitrogen and oxygen atoms in total. The van der Waals surface area contributed by atoms with E-state index in [1.54, 1.807) is 19.1 Å². The monoisotopic (exact) mass is 220 g/mol. The summed E-state index contributed by atoms with van der Waals surface area (Å²) in [6.45, 7) is 1.74. The number of nitrogen functional groups attached to an aromatic ring is 1. The Hall–Kier alpha value is -2.44. The fraction of sp³-hybridized carbons (Fsp3) is 0.111. The highest BCUT2D eigenvalue weighted by Crippen LogP contribution is 2.28. The van der Waals surface area contributed by atoms with Gasteiger partial charge in [0.25, 0.3) is 0 Å². The number of hydrogen-bond acceptors (Lipinski definition) is 6. The third-order valence-corrected chi connectivity index (χ3v) is 1.96. The van der Waals surface area contributed by atoms with Gasteiger partial charge in [-0.2, -0.15) is 0 Å². The van der Waals surface area contributed by atoms with Crippen LogP contribution in [0.15, 0.2) is 22.7 Å². The average Bonchev–Trinajstić information content (AvgIpc) is 2.64. The van der Waals surface area contributed by atoms with Gasteiger partial charge in [0.05, 0.1) is 4.92 Å². The van der Waals surface area contributed by atoms with Gasteiger partial charge in [-0.25, -0.2) is 9.97 Å². The van der Waals surface area contributed by atoms with E-state index in [-0.39, 0.29) is 17.3 Å². The SMILES string of the molecule is Cc1ccc(-c2nc(N)ncc2[N+](=O)[O-])o1. The Morgan fingerprint density at radius 1 is 1.50 bits per heavy atom. The van der Waals surface area contributed by atoms with Crippen molar-refractivity contribution in [1.29, 1.82) is 0 Å². The molecule has 7 heteroatoms. The highest BCUT2D eigenvalue weighted by Gasteiger charge is 2.20. The van der Waals surface area contributed by atoms with Gasteiger partial charge >= 0.3 is 5.69 Å². The molecular weight excluding hydrogens is 212 g/mol. The molecule has 0 atom stereocenters. The highest BCUT2D eigenvalue weighted by atomic mass is 16.6. The number of rotatable bonds is 2. The largest absolute Gasteiger partial charge is 0.459 e. The van der Waals surface area contributed by atoms with Gasteiger partial charge in [-0.05, 0) is 19.1 Å². The van der Waals surface area contributed by atoms with Crippen molar-refractivity contribution in [3.8, 4) is 11.5 Å². The van der Waals surface area contributed by atoms with E-state index in [9.17, 15) is 10.1 Å². The quantitative estimate of drug-likeness (QED) is 0.607. The molecule has 0 fully saturated rings. The van der Waals surface area contributed by atoms with Gasteiger partial charge in [-0.1, -0.05) is 0 Å². The summed E-state index contributed by atoms with van der Waals surface area (Å²) in [4.78, 5) is 17.6. The van der Waals surface area contributed by atoms with Crippen molar-refractivity contribution in [3.05, 3.63) is 34.2 Å². The molecular formula is C9H8N4O3. The van der Waals surface area contributed by atoms with Crippen molar-refractivity contribution in [1.82, 2.24) is 9.97 Å². The van der Waals surface area contributed by atoms with E-state index >= 15 is 0 Å². The second kappa shape index (κ2) is 3.61. The molecule has 82 valence electrons. The molecule has 0 aliphatic rings. The summed E-state index contributed by atoms with van der Waals surface area (Å²) in [6, 6.07) is 3.29. The van der Waals surface area contributed by atoms with Gasteiger partial charge < -0.3 is 10.2 Å². The number of anilines is 1. The Bertz CT molecular complexity index is 549. The van der Waals surface area contributed by atoms with Gasteiger partial charge in [-0.15, -0.1) is 0 Å². The van der Waals surface area contributed by atoms with E-state index in [2.05, 4.69) is 9.97 Å². The molecule has 2 aromatic heterocycles. The lowest BCUT2D eigenvalue weighted by atomic mass is 10.3. The van der Waals surface area contributed by atoms with Crippen LogP contribution in [0.5, 0.6) is 0 Å². The third-order valence-electron chi connectivity index (χ3n) is 1.96. The number of furan rings is 1. The Balaban J connectivity index is 2.62. The first-order valence-electron chi connectivity index (χ1n) is 4.41. The van der Waals surface area contributed by atoms with Crippen molar-refractivity contribution in [2.45, 2.75) is 6.92 Å². The van der Waals surface area contributed by atoms with Crippen LogP contribution in [0.2, 0.25) is 0 Å². The summed E-state index contributed by atoms with van der Waals surface area (Å²) in [5, 5.41) is 10.8. The van der Waals surface area contributed by atoms with E-state index in [4.69, 9.17) is 10.2 Å². The summed E-state index contributed by atoms with van der Waals surface area (Å²) in [7, 11) is 0. The number of aryl methyl sites for hydroxylation is 1. The van der Waals surface area contributed by atoms with Crippen molar-refractivity contribution >= 4 is 11.6 Å². The van der Waals surface area contributed by atoms with Crippen LogP contribution in [0.1, 0.15) is 5.76 Å². The van der Waals surface area contributed by atoms with E-state index in [1.807, 2.05) is 0 Å². The summed E-state index contributed by atoms with van der Waals surface area (Å²) < 4.78 is 5.27. The molecule has 0 aromatic carbocycles. The molecule has 2 rings (SSSR count). The summed E-state index contributed by atoms with van der Waals surface area (Å²) >= 11 is 0. The van der Waals surface area contributed by atoms with E-state index in [1.165, 1.54) is 0 Å². The summed E-state index contributed by atoms with van der Waals surface area (Å²) in [6.07, 6.45) is 1.06. The van der Waals surface area contributed by atoms with Crippen LogP contribution >= 0.6 is 0 Å². The molecule has 0 aliphatic heterocycles. The zero-order valence-corrected chi connectivity index (χ0v) is 8.38. The van der Waals surface area contributed by atoms with Crippen LogP contribution in [0.3, 0.4) is 0 Å². The second-order valence-electron chi connectivity index (χ2n) is 3.13. The van der Waals surface area contributed by atoms with Gasteiger partial charge in [-0.3, -0.25) is 10.1 Å². The van der Waals surface area contributed by atoms with Crippen LogP contribution < -0.4 is 5.73 Å². The molecule has 2 heterocycles. The van der Waals surface area contributed by atoms with E-state index in [0.717, 1.165) is 6.20 Å². The fourth-order valence-corrected chi connectivity index (χ4v) is 1.27. The molecule has 0 radical (unpaired) electrons. The molecule has 0 saturated carbocycles. The van der Waals surface area contributed by atoms with Crippen molar-refractivity contribution < 1.29 is 9.34 Å². The van der Waals surface area contributed by atoms with Crippen LogP contribution in [0.4, 0.5) is 11.6 Å². The number of nitrogens with two attached hydrogens (primary N) is 1. The minimum atomic E-state index is -0.577. The first kappa shape index (κ1) is 10.1. The minimum Gasteiger partial charge on any atom is -0.459 e. The smallest absolute Gasteiger partial charge is 0.317 e. The highest BCUT2D eigenvalue weighted by molar-refractivity contribution is 5.65. The Labute approximate surface area is 90.1 Å². The van der Waals surface area contributed by atoms with Crippen molar-refractivity contribution in [3.63, 3.8) is 0 Å². The van der Waals surface area contributed by atoms with Gasteiger partial charge in [0.15, 0.2) is 11.5 Å². The number of nitrogens with zero attached hydrogens (tertiary/aromatic N) is 3. The summed E-state index contributed by atoms with van der Waals surface area (Å²) in [5.41, 5.74) is 5.24. The van der Waals surface area contributed by atoms with Crippen molar-refractivity contribution in [2.75, 3.05) is 5.73 Å². The molecule has 0 amide bonds. The van der Waals surface area contributed by atoms with Crippen LogP contribution in [0.25, 0.3) is 11.5 Å². The van der Waals surface area contributed by atoms with Crippen molar-refractivity contribution in [2.24, 2.45) is 0 Å². The third kappa shape index (κ3) is 1.70. The normalized spacial score (nSPS) is 10.3. The molecule has 0 saturated heterocycles. The predicted octanol–water partition coefficient (Wildman–Crippen LogP) is 1.54. The summed E-state index contributed by atoms with van der Waals surface area (Å²) in [5.74, 6) is 0.912. The average molecular weight is 220 g/mol. The molecule has 0 unspecified atom stereocenters. The minimum absolute atomic E-state index is 0.0327. The van der Waals surface area contributed by atoms with Gasteiger partial charge in [0.1, 0.15) is 12.0 Å². The predicted molar refractivity (Wildman–Crippen MR) is 55.5 cm³/mol. The van der Waals surface area contributed by atoms with Crippen LogP contribution in [-0.2, 0) is 0 Å². The molecule has 2 aromatic rings. The zero-order chi connectivity index (χ0) is 11.7. The fourth-order valence-electron chi connectivity index (χ4n) is 1.27. The maximum absolute atomic E-state index is 10.8. The zero-order valence-electron chi connectivity index (χ0n) is 8.38. The second-order valence-corrected chi connectivity index (χ2v) is 3.13. The van der Waals surface area contributed by atoms with Gasteiger partial charge in [0.2, 0.25) is 5.95 Å². The Kier molecular flexibility index (Phi) is 2.28. The maximum Gasteiger partial charge on any atom is 0.317 e. The van der Waals surface area contributed by atoms with Gasteiger partial charge in [0, 0.05) is 0 Å². The van der Waals surface area contributed by atoms with E-state index < -0.39 is 4.92 Å². The lowest BCUT2D eigenvalue weighted by molar-refractivity contribution is -0.384. The van der Waals surface area contributed by atoms with Crippen LogP contribution in [-0.4, -0.2) is 14.9 Å². The Morgan fingerprint density at radius 2 is 2.25 bits per heavy atom. The molecule has 0 aliphatic carbocycles. The molecule has 0 spiro atoms. The molecule has 2 N–H and O–H groups in total. The first-order valence-corrected chi connectivity index (χ1v) is 4.41. The first-order chi connectivity index (χ1) is 7.58. The molecule has 0 bridgehead atoms. The number of hydrogen-bond donors (Lipinski definition) is 1. The number of nitro groups is 1. The Morgan fingerprint density at radius 3 is 2.81 bits per heavy atom. The topological polar surface area (TPSA) is 108 Å². The standard InChI is InChI=1S/C9H8N4O3/c1-5-2-3-7(16-5)8-6(13(14)15)4-11-9(10)12-8/h2-4H,1H3,(H2,10,11,12).